The molecule has 0 unspecified atom stereocenters. The van der Waals surface area contributed by atoms with Gasteiger partial charge in [-0.05, 0) is 48.7 Å². The number of nitrogen functional groups attached to an aromatic ring is 1. The molecule has 0 saturated heterocycles. The summed E-state index contributed by atoms with van der Waals surface area (Å²) in [6.07, 6.45) is 0. The minimum absolute atomic E-state index is 0.491. The van der Waals surface area contributed by atoms with E-state index in [2.05, 4.69) is 10.3 Å². The predicted octanol–water partition coefficient (Wildman–Crippen LogP) is 3.53. The zero-order chi connectivity index (χ0) is 14.1. The average molecular weight is 300 g/mol. The molecule has 2 aromatic carbocycles. The molecule has 3 rings (SSSR count). The second-order valence-corrected chi connectivity index (χ2v) is 5.07. The Morgan fingerprint density at radius 3 is 2.60 bits per heavy atom. The van der Waals surface area contributed by atoms with Gasteiger partial charge in [-0.3, -0.25) is 4.57 Å². The number of nitrogens with zero attached hydrogens (tertiary/aromatic N) is 1. The summed E-state index contributed by atoms with van der Waals surface area (Å²) < 4.78 is 2.34. The van der Waals surface area contributed by atoms with Crippen LogP contribution < -0.4 is 11.1 Å². The van der Waals surface area contributed by atoms with Crippen LogP contribution in [0.1, 0.15) is 0 Å². The fourth-order valence-corrected chi connectivity index (χ4v) is 2.70. The lowest BCUT2D eigenvalue weighted by Crippen LogP contribution is -2.19. The third-order valence-corrected chi connectivity index (χ3v) is 3.56. The number of aromatic amines is 1. The van der Waals surface area contributed by atoms with Crippen molar-refractivity contribution in [2.45, 2.75) is 0 Å². The smallest absolute Gasteiger partial charge is 0.184 e. The van der Waals surface area contributed by atoms with Crippen molar-refractivity contribution in [2.24, 2.45) is 0 Å². The van der Waals surface area contributed by atoms with Crippen molar-refractivity contribution in [2.75, 3.05) is 11.1 Å². The van der Waals surface area contributed by atoms with Gasteiger partial charge in [0.05, 0.1) is 22.4 Å². The number of nitrogens with two attached hydrogens (primary N) is 1. The monoisotopic (exact) mass is 300 g/mol. The van der Waals surface area contributed by atoms with E-state index in [1.807, 2.05) is 48.5 Å². The third-order valence-electron chi connectivity index (χ3n) is 3.00. The number of H-pyrrole nitrogens is 1. The van der Waals surface area contributed by atoms with E-state index in [-0.39, 0.29) is 0 Å². The van der Waals surface area contributed by atoms with Crippen LogP contribution in [0.4, 0.5) is 11.4 Å². The molecule has 6 heteroatoms. The van der Waals surface area contributed by atoms with E-state index in [1.54, 1.807) is 4.57 Å². The van der Waals surface area contributed by atoms with Crippen LogP contribution >= 0.6 is 24.4 Å². The summed E-state index contributed by atoms with van der Waals surface area (Å²) >= 11 is 10.8. The Balaban J connectivity index is 2.04. The van der Waals surface area contributed by atoms with E-state index in [9.17, 15) is 0 Å². The maximum absolute atomic E-state index is 5.91. The van der Waals surface area contributed by atoms with Gasteiger partial charge in [0, 0.05) is 0 Å². The van der Waals surface area contributed by atoms with Crippen LogP contribution in [0.25, 0.3) is 11.0 Å². The molecule has 0 aliphatic heterocycles. The number of benzene rings is 2. The molecule has 0 bridgehead atoms. The van der Waals surface area contributed by atoms with E-state index in [1.165, 1.54) is 0 Å². The van der Waals surface area contributed by atoms with Crippen molar-refractivity contribution in [1.29, 1.82) is 0 Å². The highest BCUT2D eigenvalue weighted by molar-refractivity contribution is 7.80. The number of aromatic nitrogens is 2. The van der Waals surface area contributed by atoms with E-state index in [0.717, 1.165) is 16.7 Å². The third kappa shape index (κ3) is 2.19. The molecule has 100 valence electrons. The van der Waals surface area contributed by atoms with Crippen LogP contribution in [-0.4, -0.2) is 14.7 Å². The Kier molecular flexibility index (Phi) is 3.25. The first-order chi connectivity index (χ1) is 9.66. The standard InChI is InChI=1S/C14H12N4S2/c15-9-5-1-2-6-10(9)16-13(19)18-12-8-4-3-7-11(12)17-14(18)20/h1-8H,15H2,(H,16,19)(H,17,20). The lowest BCUT2D eigenvalue weighted by atomic mass is 10.3. The summed E-state index contributed by atoms with van der Waals surface area (Å²) in [7, 11) is 0. The van der Waals surface area contributed by atoms with Gasteiger partial charge in [0.1, 0.15) is 0 Å². The maximum atomic E-state index is 5.91. The Morgan fingerprint density at radius 2 is 1.80 bits per heavy atom. The summed E-state index contributed by atoms with van der Waals surface area (Å²) in [5.41, 5.74) is 9.20. The molecule has 20 heavy (non-hydrogen) atoms. The molecule has 0 aliphatic carbocycles. The molecular weight excluding hydrogens is 288 g/mol. The van der Waals surface area contributed by atoms with E-state index in [4.69, 9.17) is 30.2 Å². The molecule has 0 atom stereocenters. The van der Waals surface area contributed by atoms with Crippen molar-refractivity contribution in [3.8, 4) is 0 Å². The topological polar surface area (TPSA) is 58.8 Å². The van der Waals surface area contributed by atoms with Gasteiger partial charge in [-0.25, -0.2) is 0 Å². The fraction of sp³-hybridized carbons (Fsp3) is 0. The summed E-state index contributed by atoms with van der Waals surface area (Å²) in [6.45, 7) is 0. The maximum Gasteiger partial charge on any atom is 0.184 e. The first kappa shape index (κ1) is 12.8. The molecule has 0 amide bonds. The molecule has 1 aromatic heterocycles. The van der Waals surface area contributed by atoms with Gasteiger partial charge in [0.25, 0.3) is 0 Å². The molecule has 0 radical (unpaired) electrons. The lowest BCUT2D eigenvalue weighted by molar-refractivity contribution is 1.15. The van der Waals surface area contributed by atoms with Crippen LogP contribution in [0.3, 0.4) is 0 Å². The highest BCUT2D eigenvalue weighted by Gasteiger charge is 2.09. The van der Waals surface area contributed by atoms with Crippen LogP contribution in [0.2, 0.25) is 0 Å². The van der Waals surface area contributed by atoms with Gasteiger partial charge < -0.3 is 16.0 Å². The first-order valence-electron chi connectivity index (χ1n) is 6.02. The Bertz CT molecular complexity index is 848. The molecular formula is C14H12N4S2. The molecule has 0 spiro atoms. The molecule has 1 heterocycles. The van der Waals surface area contributed by atoms with Crippen LogP contribution in [-0.2, 0) is 0 Å². The number of anilines is 2. The zero-order valence-corrected chi connectivity index (χ0v) is 12.1. The number of imidazole rings is 1. The van der Waals surface area contributed by atoms with Crippen LogP contribution in [0.5, 0.6) is 0 Å². The second-order valence-electron chi connectivity index (χ2n) is 4.30. The zero-order valence-electron chi connectivity index (χ0n) is 10.5. The van der Waals surface area contributed by atoms with Gasteiger partial charge in [-0.2, -0.15) is 0 Å². The summed E-state index contributed by atoms with van der Waals surface area (Å²) in [4.78, 5) is 3.13. The van der Waals surface area contributed by atoms with Gasteiger partial charge in [0.2, 0.25) is 0 Å². The predicted molar refractivity (Wildman–Crippen MR) is 89.6 cm³/mol. The average Bonchev–Trinajstić information content (AvgIpc) is 2.77. The summed E-state index contributed by atoms with van der Waals surface area (Å²) in [6, 6.07) is 15.3. The number of rotatable bonds is 1. The second kappa shape index (κ2) is 5.07. The minimum Gasteiger partial charge on any atom is -0.397 e. The Labute approximate surface area is 126 Å². The fourth-order valence-electron chi connectivity index (χ4n) is 2.04. The quantitative estimate of drug-likeness (QED) is 0.475. The van der Waals surface area contributed by atoms with Gasteiger partial charge in [0.15, 0.2) is 9.88 Å². The molecule has 3 aromatic rings. The minimum atomic E-state index is 0.491. The highest BCUT2D eigenvalue weighted by atomic mass is 32.1. The van der Waals surface area contributed by atoms with Crippen molar-refractivity contribution in [3.05, 3.63) is 53.3 Å². The lowest BCUT2D eigenvalue weighted by Gasteiger charge is -2.11. The van der Waals surface area contributed by atoms with Crippen molar-refractivity contribution < 1.29 is 0 Å². The van der Waals surface area contributed by atoms with Crippen molar-refractivity contribution >= 4 is 52.0 Å². The number of hydrogen-bond acceptors (Lipinski definition) is 3. The summed E-state index contributed by atoms with van der Waals surface area (Å²) in [5, 5.41) is 3.62. The number of thiocarbonyl (C=S) groups is 1. The molecule has 0 saturated carbocycles. The molecule has 4 N–H and O–H groups in total. The van der Waals surface area contributed by atoms with Crippen molar-refractivity contribution in [1.82, 2.24) is 9.55 Å². The van der Waals surface area contributed by atoms with E-state index in [0.29, 0.717) is 15.6 Å². The number of fused-ring (bicyclic) bond motifs is 1. The molecule has 0 fully saturated rings. The Morgan fingerprint density at radius 1 is 1.10 bits per heavy atom. The molecule has 0 aliphatic rings. The highest BCUT2D eigenvalue weighted by Crippen LogP contribution is 2.19. The largest absolute Gasteiger partial charge is 0.397 e. The molecule has 4 nitrogen and oxygen atoms in total. The van der Waals surface area contributed by atoms with Gasteiger partial charge in [-0.1, -0.05) is 24.3 Å². The van der Waals surface area contributed by atoms with Crippen molar-refractivity contribution in [3.63, 3.8) is 0 Å². The number of nitrogens with one attached hydrogen (secondary N) is 2. The SMILES string of the molecule is Nc1ccccc1NC(=S)n1c(=S)[nH]c2ccccc21. The first-order valence-corrected chi connectivity index (χ1v) is 6.84. The van der Waals surface area contributed by atoms with E-state index >= 15 is 0 Å². The van der Waals surface area contributed by atoms with E-state index < -0.39 is 0 Å². The normalized spacial score (nSPS) is 10.6. The summed E-state index contributed by atoms with van der Waals surface area (Å²) in [5.74, 6) is 0. The Hall–Kier alpha value is -2.18. The number of para-hydroxylation sites is 4. The number of hydrogen-bond donors (Lipinski definition) is 3. The van der Waals surface area contributed by atoms with Crippen LogP contribution in [0, 0.1) is 4.77 Å². The van der Waals surface area contributed by atoms with Gasteiger partial charge in [-0.15, -0.1) is 0 Å². The van der Waals surface area contributed by atoms with Crippen LogP contribution in [0.15, 0.2) is 48.5 Å². The van der Waals surface area contributed by atoms with Gasteiger partial charge >= 0.3 is 0 Å².